The van der Waals surface area contributed by atoms with E-state index in [0.29, 0.717) is 5.69 Å². The fourth-order valence-corrected chi connectivity index (χ4v) is 2.02. The fourth-order valence-electron chi connectivity index (χ4n) is 2.02. The SMILES string of the molecule is COc1ccc(NC(=O)[C@](C)(OC)c2ccccc2)cc1. The molecule has 0 aliphatic heterocycles. The van der Waals surface area contributed by atoms with Crippen LogP contribution in [-0.4, -0.2) is 20.1 Å². The molecule has 0 aromatic heterocycles. The molecule has 1 atom stereocenters. The van der Waals surface area contributed by atoms with Crippen molar-refractivity contribution in [3.05, 3.63) is 60.2 Å². The van der Waals surface area contributed by atoms with Gasteiger partial charge in [0.05, 0.1) is 7.11 Å². The zero-order chi connectivity index (χ0) is 15.3. The van der Waals surface area contributed by atoms with Crippen molar-refractivity contribution in [2.45, 2.75) is 12.5 Å². The number of amides is 1. The van der Waals surface area contributed by atoms with Crippen LogP contribution in [0.5, 0.6) is 5.75 Å². The van der Waals surface area contributed by atoms with Crippen LogP contribution in [0.1, 0.15) is 12.5 Å². The first-order valence-corrected chi connectivity index (χ1v) is 6.66. The van der Waals surface area contributed by atoms with Crippen LogP contribution in [0.25, 0.3) is 0 Å². The van der Waals surface area contributed by atoms with Gasteiger partial charge in [-0.15, -0.1) is 0 Å². The van der Waals surface area contributed by atoms with E-state index in [4.69, 9.17) is 9.47 Å². The zero-order valence-corrected chi connectivity index (χ0v) is 12.4. The van der Waals surface area contributed by atoms with Gasteiger partial charge in [0.1, 0.15) is 5.75 Å². The van der Waals surface area contributed by atoms with Crippen molar-refractivity contribution < 1.29 is 14.3 Å². The Hall–Kier alpha value is -2.33. The molecule has 0 spiro atoms. The van der Waals surface area contributed by atoms with E-state index in [2.05, 4.69) is 5.32 Å². The van der Waals surface area contributed by atoms with Gasteiger partial charge in [-0.05, 0) is 36.8 Å². The van der Waals surface area contributed by atoms with Gasteiger partial charge in [0.25, 0.3) is 5.91 Å². The molecule has 0 fully saturated rings. The van der Waals surface area contributed by atoms with Gasteiger partial charge in [-0.25, -0.2) is 0 Å². The lowest BCUT2D eigenvalue weighted by atomic mass is 9.94. The molecule has 21 heavy (non-hydrogen) atoms. The molecule has 0 saturated heterocycles. The van der Waals surface area contributed by atoms with Crippen LogP contribution in [0.3, 0.4) is 0 Å². The first-order chi connectivity index (χ1) is 10.1. The summed E-state index contributed by atoms with van der Waals surface area (Å²) >= 11 is 0. The van der Waals surface area contributed by atoms with Crippen molar-refractivity contribution in [3.8, 4) is 5.75 Å². The van der Waals surface area contributed by atoms with Crippen LogP contribution in [0.15, 0.2) is 54.6 Å². The number of rotatable bonds is 5. The molecule has 0 bridgehead atoms. The van der Waals surface area contributed by atoms with Crippen LogP contribution in [0.4, 0.5) is 5.69 Å². The van der Waals surface area contributed by atoms with Gasteiger partial charge in [0.2, 0.25) is 0 Å². The molecule has 2 rings (SSSR count). The summed E-state index contributed by atoms with van der Waals surface area (Å²) < 4.78 is 10.6. The minimum Gasteiger partial charge on any atom is -0.497 e. The second-order valence-corrected chi connectivity index (χ2v) is 4.79. The molecule has 4 heteroatoms. The van der Waals surface area contributed by atoms with E-state index in [1.807, 2.05) is 30.3 Å². The van der Waals surface area contributed by atoms with Gasteiger partial charge >= 0.3 is 0 Å². The third-order valence-electron chi connectivity index (χ3n) is 3.51. The maximum atomic E-state index is 12.6. The molecule has 1 amide bonds. The highest BCUT2D eigenvalue weighted by atomic mass is 16.5. The number of hydrogen-bond donors (Lipinski definition) is 1. The van der Waals surface area contributed by atoms with Gasteiger partial charge in [-0.3, -0.25) is 4.79 Å². The van der Waals surface area contributed by atoms with Crippen LogP contribution in [0.2, 0.25) is 0 Å². The third-order valence-corrected chi connectivity index (χ3v) is 3.51. The highest BCUT2D eigenvalue weighted by Crippen LogP contribution is 2.26. The summed E-state index contributed by atoms with van der Waals surface area (Å²) in [7, 11) is 3.13. The Bertz CT molecular complexity index is 595. The van der Waals surface area contributed by atoms with Crippen molar-refractivity contribution in [3.63, 3.8) is 0 Å². The van der Waals surface area contributed by atoms with Crippen LogP contribution < -0.4 is 10.1 Å². The largest absolute Gasteiger partial charge is 0.497 e. The van der Waals surface area contributed by atoms with Gasteiger partial charge in [-0.2, -0.15) is 0 Å². The molecular formula is C17H19NO3. The number of carbonyl (C=O) groups is 1. The van der Waals surface area contributed by atoms with E-state index >= 15 is 0 Å². The van der Waals surface area contributed by atoms with E-state index in [-0.39, 0.29) is 5.91 Å². The lowest BCUT2D eigenvalue weighted by Gasteiger charge is -2.27. The number of benzene rings is 2. The van der Waals surface area contributed by atoms with Gasteiger partial charge < -0.3 is 14.8 Å². The quantitative estimate of drug-likeness (QED) is 0.917. The smallest absolute Gasteiger partial charge is 0.260 e. The summed E-state index contributed by atoms with van der Waals surface area (Å²) in [5.74, 6) is 0.520. The van der Waals surface area contributed by atoms with Crippen LogP contribution >= 0.6 is 0 Å². The zero-order valence-electron chi connectivity index (χ0n) is 12.4. The first-order valence-electron chi connectivity index (χ1n) is 6.66. The Morgan fingerprint density at radius 1 is 1.00 bits per heavy atom. The standard InChI is InChI=1S/C17H19NO3/c1-17(21-3,13-7-5-4-6-8-13)16(19)18-14-9-11-15(20-2)12-10-14/h4-12H,1-3H3,(H,18,19)/t17-/m1/s1. The number of anilines is 1. The highest BCUT2D eigenvalue weighted by Gasteiger charge is 2.35. The second kappa shape index (κ2) is 6.41. The summed E-state index contributed by atoms with van der Waals surface area (Å²) in [6.07, 6.45) is 0. The minimum atomic E-state index is -1.04. The Balaban J connectivity index is 2.20. The number of carbonyl (C=O) groups excluding carboxylic acids is 1. The lowest BCUT2D eigenvalue weighted by Crippen LogP contribution is -2.39. The summed E-state index contributed by atoms with van der Waals surface area (Å²) in [5, 5.41) is 2.86. The first kappa shape index (κ1) is 15.1. The average Bonchev–Trinajstić information content (AvgIpc) is 2.55. The predicted molar refractivity (Wildman–Crippen MR) is 82.4 cm³/mol. The molecule has 0 heterocycles. The summed E-state index contributed by atoms with van der Waals surface area (Å²) in [6.45, 7) is 1.75. The van der Waals surface area contributed by atoms with E-state index in [9.17, 15) is 4.79 Å². The number of nitrogens with one attached hydrogen (secondary N) is 1. The van der Waals surface area contributed by atoms with Gasteiger partial charge in [-0.1, -0.05) is 30.3 Å². The van der Waals surface area contributed by atoms with E-state index < -0.39 is 5.60 Å². The molecule has 0 saturated carbocycles. The maximum Gasteiger partial charge on any atom is 0.260 e. The molecular weight excluding hydrogens is 266 g/mol. The maximum absolute atomic E-state index is 12.6. The monoisotopic (exact) mass is 285 g/mol. The summed E-state index contributed by atoms with van der Waals surface area (Å²) in [6, 6.07) is 16.6. The Labute approximate surface area is 124 Å². The third kappa shape index (κ3) is 3.23. The number of methoxy groups -OCH3 is 2. The topological polar surface area (TPSA) is 47.6 Å². The number of hydrogen-bond acceptors (Lipinski definition) is 3. The molecule has 2 aromatic carbocycles. The van der Waals surface area contributed by atoms with Crippen molar-refractivity contribution >= 4 is 11.6 Å². The Kier molecular flexibility index (Phi) is 4.60. The van der Waals surface area contributed by atoms with Crippen molar-refractivity contribution in [2.24, 2.45) is 0 Å². The van der Waals surface area contributed by atoms with Crippen LogP contribution in [0, 0.1) is 0 Å². The molecule has 0 radical (unpaired) electrons. The number of ether oxygens (including phenoxy) is 2. The van der Waals surface area contributed by atoms with Crippen molar-refractivity contribution in [1.29, 1.82) is 0 Å². The van der Waals surface area contributed by atoms with Crippen molar-refractivity contribution in [2.75, 3.05) is 19.5 Å². The van der Waals surface area contributed by atoms with Gasteiger partial charge in [0.15, 0.2) is 5.60 Å². The van der Waals surface area contributed by atoms with Crippen LogP contribution in [-0.2, 0) is 15.1 Å². The van der Waals surface area contributed by atoms with E-state index in [1.165, 1.54) is 7.11 Å². The predicted octanol–water partition coefficient (Wildman–Crippen LogP) is 3.20. The molecule has 0 aliphatic carbocycles. The normalized spacial score (nSPS) is 13.3. The molecule has 0 unspecified atom stereocenters. The second-order valence-electron chi connectivity index (χ2n) is 4.79. The highest BCUT2D eigenvalue weighted by molar-refractivity contribution is 5.97. The fraction of sp³-hybridized carbons (Fsp3) is 0.235. The molecule has 110 valence electrons. The van der Waals surface area contributed by atoms with E-state index in [1.54, 1.807) is 38.3 Å². The molecule has 4 nitrogen and oxygen atoms in total. The van der Waals surface area contributed by atoms with Gasteiger partial charge in [0, 0.05) is 12.8 Å². The Morgan fingerprint density at radius 3 is 2.14 bits per heavy atom. The summed E-state index contributed by atoms with van der Waals surface area (Å²) in [4.78, 5) is 12.6. The van der Waals surface area contributed by atoms with Crippen molar-refractivity contribution in [1.82, 2.24) is 0 Å². The molecule has 2 aromatic rings. The molecule has 1 N–H and O–H groups in total. The molecule has 0 aliphatic rings. The lowest BCUT2D eigenvalue weighted by molar-refractivity contribution is -0.136. The minimum absolute atomic E-state index is 0.221. The van der Waals surface area contributed by atoms with E-state index in [0.717, 1.165) is 11.3 Å². The average molecular weight is 285 g/mol. The summed E-state index contributed by atoms with van der Waals surface area (Å²) in [5.41, 5.74) is 0.458. The Morgan fingerprint density at radius 2 is 1.62 bits per heavy atom.